The van der Waals surface area contributed by atoms with Gasteiger partial charge in [-0.15, -0.1) is 0 Å². The molecule has 0 radical (unpaired) electrons. The average molecular weight is 498 g/mol. The van der Waals surface area contributed by atoms with Crippen molar-refractivity contribution in [3.63, 3.8) is 0 Å². The Labute approximate surface area is 221 Å². The summed E-state index contributed by atoms with van der Waals surface area (Å²) < 4.78 is 0. The van der Waals surface area contributed by atoms with Gasteiger partial charge in [0, 0.05) is 24.1 Å². The summed E-state index contributed by atoms with van der Waals surface area (Å²) in [4.78, 5) is 0. The van der Waals surface area contributed by atoms with Gasteiger partial charge in [0.25, 0.3) is 0 Å². The van der Waals surface area contributed by atoms with Crippen molar-refractivity contribution in [1.82, 2.24) is 5.32 Å². The molecule has 5 nitrogen and oxygen atoms in total. The van der Waals surface area contributed by atoms with Crippen LogP contribution in [0.5, 0.6) is 5.75 Å². The number of hydrogen-bond acceptors (Lipinski definition) is 5. The standard InChI is InChI=1S/C30H33N3O2.C2H6/c1-20(33-30-27-10-6-5-9-23(27)18-29(30)35)24(15-22-11-13-26(34)14-12-22)17-25(19-31)28(32)16-21-7-3-2-4-8-21;1-2/h2-14,24-25,28-30,33-35H,1,15-18,32H2;1-2H3/t24-,25-,28+,29-,30+;/m1./s1. The van der Waals surface area contributed by atoms with E-state index in [1.54, 1.807) is 12.1 Å². The number of nitriles is 1. The van der Waals surface area contributed by atoms with Crippen LogP contribution in [0.25, 0.3) is 0 Å². The number of fused-ring (bicyclic) bond motifs is 1. The molecule has 3 aromatic carbocycles. The average Bonchev–Trinajstić information content (AvgIpc) is 3.23. The molecule has 5 N–H and O–H groups in total. The molecule has 5 heteroatoms. The fourth-order valence-electron chi connectivity index (χ4n) is 4.99. The molecule has 0 aliphatic heterocycles. The number of benzene rings is 3. The third-order valence-corrected chi connectivity index (χ3v) is 6.99. The molecule has 0 spiro atoms. The lowest BCUT2D eigenvalue weighted by Crippen LogP contribution is -2.36. The highest BCUT2D eigenvalue weighted by molar-refractivity contribution is 5.37. The molecule has 0 heterocycles. The zero-order valence-electron chi connectivity index (χ0n) is 21.8. The van der Waals surface area contributed by atoms with E-state index < -0.39 is 6.10 Å². The van der Waals surface area contributed by atoms with E-state index in [2.05, 4.69) is 18.0 Å². The summed E-state index contributed by atoms with van der Waals surface area (Å²) in [6, 6.07) is 27.1. The molecule has 0 saturated carbocycles. The van der Waals surface area contributed by atoms with E-state index in [9.17, 15) is 15.5 Å². The van der Waals surface area contributed by atoms with Gasteiger partial charge in [-0.3, -0.25) is 0 Å². The van der Waals surface area contributed by atoms with Crippen LogP contribution >= 0.6 is 0 Å². The van der Waals surface area contributed by atoms with Crippen LogP contribution in [0.4, 0.5) is 0 Å². The van der Waals surface area contributed by atoms with Gasteiger partial charge in [-0.05, 0) is 53.6 Å². The smallest absolute Gasteiger partial charge is 0.115 e. The van der Waals surface area contributed by atoms with Crippen LogP contribution in [0.3, 0.4) is 0 Å². The molecule has 4 rings (SSSR count). The van der Waals surface area contributed by atoms with Crippen LogP contribution in [0.1, 0.15) is 48.6 Å². The number of hydrogen-bond donors (Lipinski definition) is 4. The molecule has 0 amide bonds. The number of aliphatic hydroxyl groups is 1. The number of nitrogens with one attached hydrogen (secondary N) is 1. The van der Waals surface area contributed by atoms with Crippen LogP contribution in [0.15, 0.2) is 91.1 Å². The molecule has 0 saturated heterocycles. The lowest BCUT2D eigenvalue weighted by molar-refractivity contribution is 0.144. The Balaban J connectivity index is 0.00000186. The van der Waals surface area contributed by atoms with E-state index in [-0.39, 0.29) is 29.7 Å². The van der Waals surface area contributed by atoms with Crippen molar-refractivity contribution in [1.29, 1.82) is 5.26 Å². The van der Waals surface area contributed by atoms with E-state index in [0.29, 0.717) is 25.7 Å². The van der Waals surface area contributed by atoms with Gasteiger partial charge in [-0.25, -0.2) is 0 Å². The maximum absolute atomic E-state index is 10.7. The topological polar surface area (TPSA) is 102 Å². The van der Waals surface area contributed by atoms with E-state index in [1.165, 1.54) is 0 Å². The van der Waals surface area contributed by atoms with Crippen molar-refractivity contribution in [2.24, 2.45) is 17.6 Å². The van der Waals surface area contributed by atoms with Gasteiger partial charge >= 0.3 is 0 Å². The van der Waals surface area contributed by atoms with Gasteiger partial charge in [-0.1, -0.05) is 87.2 Å². The van der Waals surface area contributed by atoms with Crippen molar-refractivity contribution in [2.75, 3.05) is 0 Å². The summed E-state index contributed by atoms with van der Waals surface area (Å²) in [5.41, 5.74) is 11.7. The SMILES string of the molecule is C=C(N[C@H]1c2ccccc2C[C@H]1O)[C@H](Cc1ccc(O)cc1)C[C@H](C#N)[C@@H](N)Cc1ccccc1.CC. The monoisotopic (exact) mass is 497 g/mol. The van der Waals surface area contributed by atoms with Crippen LogP contribution in [0, 0.1) is 23.2 Å². The molecule has 1 aliphatic rings. The first-order valence-corrected chi connectivity index (χ1v) is 13.1. The van der Waals surface area contributed by atoms with Crippen LogP contribution in [-0.4, -0.2) is 22.4 Å². The molecule has 0 unspecified atom stereocenters. The number of nitrogens with two attached hydrogens (primary N) is 1. The van der Waals surface area contributed by atoms with Crippen molar-refractivity contribution < 1.29 is 10.2 Å². The Kier molecular flexibility index (Phi) is 10.3. The predicted octanol–water partition coefficient (Wildman–Crippen LogP) is 5.44. The number of allylic oxidation sites excluding steroid dienone is 1. The molecule has 0 fully saturated rings. The third-order valence-electron chi connectivity index (χ3n) is 6.99. The number of aliphatic hydroxyl groups excluding tert-OH is 1. The van der Waals surface area contributed by atoms with Crippen molar-refractivity contribution in [3.05, 3.63) is 113 Å². The molecule has 1 aliphatic carbocycles. The highest BCUT2D eigenvalue weighted by atomic mass is 16.3. The number of phenolic OH excluding ortho intramolecular Hbond substituents is 1. The normalized spacial score (nSPS) is 18.4. The molecule has 5 atom stereocenters. The van der Waals surface area contributed by atoms with Gasteiger partial charge in [0.15, 0.2) is 0 Å². The molecule has 0 bridgehead atoms. The molecular formula is C32H39N3O2. The molecule has 3 aromatic rings. The predicted molar refractivity (Wildman–Crippen MR) is 150 cm³/mol. The zero-order chi connectivity index (χ0) is 26.8. The number of aromatic hydroxyl groups is 1. The largest absolute Gasteiger partial charge is 0.508 e. The fraction of sp³-hybridized carbons (Fsp3) is 0.344. The van der Waals surface area contributed by atoms with Gasteiger partial charge in [-0.2, -0.15) is 5.26 Å². The first-order chi connectivity index (χ1) is 17.9. The highest BCUT2D eigenvalue weighted by Crippen LogP contribution is 2.34. The van der Waals surface area contributed by atoms with Gasteiger partial charge in [0.05, 0.1) is 24.1 Å². The van der Waals surface area contributed by atoms with Crippen molar-refractivity contribution in [2.45, 2.75) is 57.7 Å². The van der Waals surface area contributed by atoms with Gasteiger partial charge < -0.3 is 21.3 Å². The summed E-state index contributed by atoms with van der Waals surface area (Å²) in [5.74, 6) is -0.227. The van der Waals surface area contributed by atoms with Crippen LogP contribution < -0.4 is 11.1 Å². The molecule has 194 valence electrons. The summed E-state index contributed by atoms with van der Waals surface area (Å²) in [7, 11) is 0. The van der Waals surface area contributed by atoms with E-state index in [0.717, 1.165) is 28.0 Å². The van der Waals surface area contributed by atoms with E-state index in [1.807, 2.05) is 80.6 Å². The minimum Gasteiger partial charge on any atom is -0.508 e. The van der Waals surface area contributed by atoms with E-state index >= 15 is 0 Å². The molecule has 37 heavy (non-hydrogen) atoms. The number of nitrogens with zero attached hydrogens (tertiary/aromatic N) is 1. The fourth-order valence-corrected chi connectivity index (χ4v) is 4.99. The summed E-state index contributed by atoms with van der Waals surface area (Å²) in [6.07, 6.45) is 1.88. The summed E-state index contributed by atoms with van der Waals surface area (Å²) in [5, 5.41) is 33.9. The number of rotatable bonds is 10. The van der Waals surface area contributed by atoms with Crippen molar-refractivity contribution in [3.8, 4) is 11.8 Å². The third kappa shape index (κ3) is 7.45. The second-order valence-electron chi connectivity index (χ2n) is 9.51. The zero-order valence-corrected chi connectivity index (χ0v) is 21.8. The van der Waals surface area contributed by atoms with E-state index in [4.69, 9.17) is 5.73 Å². The van der Waals surface area contributed by atoms with Crippen LogP contribution in [-0.2, 0) is 19.3 Å². The first-order valence-electron chi connectivity index (χ1n) is 13.1. The number of phenols is 1. The highest BCUT2D eigenvalue weighted by Gasteiger charge is 2.33. The summed E-state index contributed by atoms with van der Waals surface area (Å²) >= 11 is 0. The molecular weight excluding hydrogens is 458 g/mol. The Morgan fingerprint density at radius 2 is 1.62 bits per heavy atom. The second-order valence-corrected chi connectivity index (χ2v) is 9.51. The van der Waals surface area contributed by atoms with Crippen molar-refractivity contribution >= 4 is 0 Å². The Hall–Kier alpha value is -3.59. The molecule has 0 aromatic heterocycles. The first kappa shape index (κ1) is 28.0. The Morgan fingerprint density at radius 1 is 1.00 bits per heavy atom. The quantitative estimate of drug-likeness (QED) is 0.299. The lowest BCUT2D eigenvalue weighted by atomic mass is 9.83. The minimum atomic E-state index is -0.537. The van der Waals surface area contributed by atoms with Gasteiger partial charge in [0.1, 0.15) is 5.75 Å². The van der Waals surface area contributed by atoms with Gasteiger partial charge in [0.2, 0.25) is 0 Å². The maximum atomic E-state index is 10.7. The summed E-state index contributed by atoms with van der Waals surface area (Å²) in [6.45, 7) is 8.35. The lowest BCUT2D eigenvalue weighted by Gasteiger charge is -2.29. The van der Waals surface area contributed by atoms with Crippen LogP contribution in [0.2, 0.25) is 0 Å². The minimum absolute atomic E-state index is 0.0778. The Bertz CT molecular complexity index is 1170. The maximum Gasteiger partial charge on any atom is 0.115 e. The Morgan fingerprint density at radius 3 is 2.30 bits per heavy atom. The second kappa shape index (κ2) is 13.6.